The van der Waals surface area contributed by atoms with E-state index in [1.165, 1.54) is 25.1 Å². The van der Waals surface area contributed by atoms with Crippen molar-refractivity contribution in [2.75, 3.05) is 7.05 Å². The molecule has 0 fully saturated rings. The van der Waals surface area contributed by atoms with Gasteiger partial charge in [0.25, 0.3) is 0 Å². The van der Waals surface area contributed by atoms with Gasteiger partial charge < -0.3 is 5.32 Å². The standard InChI is InChI=1S/C17H16N4O2S2/c1-10(14(22)21-17(23)18-2)24-15-12-8-13(11-6-4-3-5-7-11)25-16(12)20-9-19-15/h3-10H,1-2H3,(H2,18,21,22,23)/t10-/m0/s1. The number of amides is 3. The maximum Gasteiger partial charge on any atom is 0.321 e. The molecule has 8 heteroatoms. The van der Waals surface area contributed by atoms with E-state index in [9.17, 15) is 9.59 Å². The molecule has 1 atom stereocenters. The number of carbonyl (C=O) groups excluding carboxylic acids is 2. The molecule has 2 N–H and O–H groups in total. The Morgan fingerprint density at radius 1 is 1.20 bits per heavy atom. The highest BCUT2D eigenvalue weighted by atomic mass is 32.2. The third-order valence-electron chi connectivity index (χ3n) is 3.47. The summed E-state index contributed by atoms with van der Waals surface area (Å²) < 4.78 is 0. The molecule has 1 aromatic carbocycles. The van der Waals surface area contributed by atoms with Crippen LogP contribution in [0.5, 0.6) is 0 Å². The van der Waals surface area contributed by atoms with Crippen LogP contribution < -0.4 is 10.6 Å². The summed E-state index contributed by atoms with van der Waals surface area (Å²) in [5, 5.41) is 5.82. The van der Waals surface area contributed by atoms with Crippen molar-refractivity contribution in [1.29, 1.82) is 0 Å². The highest BCUT2D eigenvalue weighted by Crippen LogP contribution is 2.37. The number of imide groups is 1. The summed E-state index contributed by atoms with van der Waals surface area (Å²) in [5.74, 6) is -0.366. The fourth-order valence-corrected chi connectivity index (χ4v) is 4.13. The lowest BCUT2D eigenvalue weighted by Gasteiger charge is -2.10. The monoisotopic (exact) mass is 372 g/mol. The number of carbonyl (C=O) groups is 2. The Morgan fingerprint density at radius 3 is 2.68 bits per heavy atom. The molecule has 2 heterocycles. The normalized spacial score (nSPS) is 11.9. The molecule has 6 nitrogen and oxygen atoms in total. The number of thiophene rings is 1. The van der Waals surface area contributed by atoms with Gasteiger partial charge in [-0.3, -0.25) is 10.1 Å². The number of hydrogen-bond donors (Lipinski definition) is 2. The van der Waals surface area contributed by atoms with Gasteiger partial charge in [-0.1, -0.05) is 42.1 Å². The van der Waals surface area contributed by atoms with Gasteiger partial charge in [0.2, 0.25) is 5.91 Å². The molecule has 0 radical (unpaired) electrons. The van der Waals surface area contributed by atoms with E-state index >= 15 is 0 Å². The van der Waals surface area contributed by atoms with Crippen LogP contribution in [0.1, 0.15) is 6.92 Å². The lowest BCUT2D eigenvalue weighted by Crippen LogP contribution is -2.41. The lowest BCUT2D eigenvalue weighted by atomic mass is 10.2. The van der Waals surface area contributed by atoms with E-state index in [0.29, 0.717) is 0 Å². The summed E-state index contributed by atoms with van der Waals surface area (Å²) in [6.07, 6.45) is 1.50. The Morgan fingerprint density at radius 2 is 1.96 bits per heavy atom. The molecule has 0 saturated carbocycles. The number of hydrogen-bond acceptors (Lipinski definition) is 6. The number of rotatable bonds is 4. The minimum Gasteiger partial charge on any atom is -0.341 e. The number of benzene rings is 1. The van der Waals surface area contributed by atoms with Gasteiger partial charge in [0.1, 0.15) is 16.2 Å². The molecule has 0 aliphatic heterocycles. The lowest BCUT2D eigenvalue weighted by molar-refractivity contribution is -0.119. The van der Waals surface area contributed by atoms with Gasteiger partial charge >= 0.3 is 6.03 Å². The van der Waals surface area contributed by atoms with Crippen LogP contribution in [-0.2, 0) is 4.79 Å². The summed E-state index contributed by atoms with van der Waals surface area (Å²) in [6, 6.07) is 11.6. The zero-order chi connectivity index (χ0) is 17.8. The van der Waals surface area contributed by atoms with E-state index in [-0.39, 0.29) is 5.91 Å². The van der Waals surface area contributed by atoms with Gasteiger partial charge in [0.15, 0.2) is 0 Å². The second-order valence-electron chi connectivity index (χ2n) is 5.20. The summed E-state index contributed by atoms with van der Waals surface area (Å²) >= 11 is 2.89. The number of urea groups is 1. The smallest absolute Gasteiger partial charge is 0.321 e. The maximum atomic E-state index is 12.0. The molecule has 0 aliphatic rings. The molecule has 2 aromatic heterocycles. The van der Waals surface area contributed by atoms with E-state index in [1.807, 2.05) is 36.4 Å². The fourth-order valence-electron chi connectivity index (χ4n) is 2.17. The summed E-state index contributed by atoms with van der Waals surface area (Å²) in [4.78, 5) is 33.9. The molecule has 3 rings (SSSR count). The molecule has 128 valence electrons. The number of nitrogens with zero attached hydrogens (tertiary/aromatic N) is 2. The third kappa shape index (κ3) is 3.97. The van der Waals surface area contributed by atoms with Crippen molar-refractivity contribution in [3.05, 3.63) is 42.7 Å². The minimum atomic E-state index is -0.521. The Labute approximate surface area is 153 Å². The average Bonchev–Trinajstić information content (AvgIpc) is 3.07. The summed E-state index contributed by atoms with van der Waals surface area (Å²) in [6.45, 7) is 1.74. The first-order valence-electron chi connectivity index (χ1n) is 7.57. The minimum absolute atomic E-state index is 0.366. The summed E-state index contributed by atoms with van der Waals surface area (Å²) in [7, 11) is 1.46. The second kappa shape index (κ2) is 7.62. The Bertz CT molecular complexity index is 911. The van der Waals surface area contributed by atoms with Crippen LogP contribution in [0.3, 0.4) is 0 Å². The van der Waals surface area contributed by atoms with Crippen molar-refractivity contribution < 1.29 is 9.59 Å². The van der Waals surface area contributed by atoms with Gasteiger partial charge in [0.05, 0.1) is 5.25 Å². The van der Waals surface area contributed by atoms with Gasteiger partial charge in [-0.05, 0) is 18.6 Å². The molecule has 0 aliphatic carbocycles. The molecule has 0 unspecified atom stereocenters. The molecular formula is C17H16N4O2S2. The summed E-state index contributed by atoms with van der Waals surface area (Å²) in [5.41, 5.74) is 1.12. The quantitative estimate of drug-likeness (QED) is 0.542. The number of fused-ring (bicyclic) bond motifs is 1. The van der Waals surface area contributed by atoms with Crippen molar-refractivity contribution in [3.63, 3.8) is 0 Å². The average molecular weight is 372 g/mol. The van der Waals surface area contributed by atoms with Crippen LogP contribution in [-0.4, -0.2) is 34.2 Å². The zero-order valence-corrected chi connectivity index (χ0v) is 15.3. The van der Waals surface area contributed by atoms with Crippen molar-refractivity contribution in [1.82, 2.24) is 20.6 Å². The second-order valence-corrected chi connectivity index (χ2v) is 7.56. The van der Waals surface area contributed by atoms with Crippen LogP contribution in [0.4, 0.5) is 4.79 Å². The molecule has 3 aromatic rings. The van der Waals surface area contributed by atoms with Crippen molar-refractivity contribution >= 4 is 45.3 Å². The number of aromatic nitrogens is 2. The predicted octanol–water partition coefficient (Wildman–Crippen LogP) is 3.29. The Balaban J connectivity index is 1.86. The molecule has 0 saturated heterocycles. The first-order valence-corrected chi connectivity index (χ1v) is 9.27. The predicted molar refractivity (Wildman–Crippen MR) is 101 cm³/mol. The van der Waals surface area contributed by atoms with Crippen LogP contribution in [0.15, 0.2) is 47.8 Å². The molecule has 0 bridgehead atoms. The van der Waals surface area contributed by atoms with E-state index in [4.69, 9.17) is 0 Å². The van der Waals surface area contributed by atoms with Crippen molar-refractivity contribution in [2.45, 2.75) is 17.2 Å². The van der Waals surface area contributed by atoms with Crippen LogP contribution in [0.25, 0.3) is 20.7 Å². The van der Waals surface area contributed by atoms with Crippen molar-refractivity contribution in [3.8, 4) is 10.4 Å². The molecule has 0 spiro atoms. The highest BCUT2D eigenvalue weighted by molar-refractivity contribution is 8.00. The van der Waals surface area contributed by atoms with E-state index < -0.39 is 11.3 Å². The highest BCUT2D eigenvalue weighted by Gasteiger charge is 2.19. The van der Waals surface area contributed by atoms with Crippen molar-refractivity contribution in [2.24, 2.45) is 0 Å². The first kappa shape index (κ1) is 17.4. The molecule has 3 amide bonds. The largest absolute Gasteiger partial charge is 0.341 e. The Hall–Kier alpha value is -2.45. The third-order valence-corrected chi connectivity index (χ3v) is 5.68. The fraction of sp³-hybridized carbons (Fsp3) is 0.176. The first-order chi connectivity index (χ1) is 12.1. The zero-order valence-electron chi connectivity index (χ0n) is 13.6. The SMILES string of the molecule is CNC(=O)NC(=O)[C@H](C)Sc1ncnc2sc(-c3ccccc3)cc12. The molecular weight excluding hydrogens is 356 g/mol. The molecule has 25 heavy (non-hydrogen) atoms. The maximum absolute atomic E-state index is 12.0. The van der Waals surface area contributed by atoms with Crippen LogP contribution in [0, 0.1) is 0 Å². The van der Waals surface area contributed by atoms with Crippen LogP contribution in [0.2, 0.25) is 0 Å². The Kier molecular flexibility index (Phi) is 5.30. The van der Waals surface area contributed by atoms with Gasteiger partial charge in [-0.2, -0.15) is 0 Å². The van der Waals surface area contributed by atoms with Gasteiger partial charge in [0, 0.05) is 17.3 Å². The van der Waals surface area contributed by atoms with E-state index in [0.717, 1.165) is 25.7 Å². The van der Waals surface area contributed by atoms with Crippen LogP contribution >= 0.6 is 23.1 Å². The van der Waals surface area contributed by atoms with Gasteiger partial charge in [-0.25, -0.2) is 14.8 Å². The van der Waals surface area contributed by atoms with E-state index in [2.05, 4.69) is 20.6 Å². The van der Waals surface area contributed by atoms with Gasteiger partial charge in [-0.15, -0.1) is 11.3 Å². The topological polar surface area (TPSA) is 84.0 Å². The number of thioether (sulfide) groups is 1. The van der Waals surface area contributed by atoms with E-state index in [1.54, 1.807) is 18.3 Å². The number of nitrogens with one attached hydrogen (secondary N) is 2.